The van der Waals surface area contributed by atoms with Gasteiger partial charge in [0, 0.05) is 6.20 Å². The van der Waals surface area contributed by atoms with E-state index in [1.54, 1.807) is 12.4 Å². The van der Waals surface area contributed by atoms with Crippen molar-refractivity contribution in [1.29, 1.82) is 0 Å². The molecule has 1 N–H and O–H groups in total. The van der Waals surface area contributed by atoms with Gasteiger partial charge in [-0.2, -0.15) is 0 Å². The van der Waals surface area contributed by atoms with E-state index in [9.17, 15) is 0 Å². The van der Waals surface area contributed by atoms with Crippen LogP contribution in [0, 0.1) is 0 Å². The lowest BCUT2D eigenvalue weighted by Crippen LogP contribution is -2.03. The number of hydrogen-bond donors (Lipinski definition) is 1. The highest BCUT2D eigenvalue weighted by Gasteiger charge is 1.83. The number of thiocarbonyl (C=S) groups is 1. The Kier molecular flexibility index (Phi) is 2.53. The number of hydrogen-bond acceptors (Lipinski definition) is 3. The zero-order valence-corrected chi connectivity index (χ0v) is 6.71. The number of nitrogens with zero attached hydrogens (tertiary/aromatic N) is 1. The molecule has 1 aromatic heterocycles. The van der Waals surface area contributed by atoms with E-state index in [-0.39, 0.29) is 0 Å². The monoisotopic (exact) mass is 169 g/mol. The first-order valence-corrected chi connectivity index (χ1v) is 3.49. The number of aromatic nitrogens is 1. The molecule has 0 saturated carbocycles. The summed E-state index contributed by atoms with van der Waals surface area (Å²) in [5, 5.41) is 2.79. The summed E-state index contributed by atoms with van der Waals surface area (Å²) in [6.07, 6.45) is 3.36. The largest absolute Gasteiger partial charge is 0.411 e. The van der Waals surface area contributed by atoms with Crippen molar-refractivity contribution < 1.29 is 0 Å². The van der Waals surface area contributed by atoms with E-state index in [0.717, 1.165) is 5.69 Å². The van der Waals surface area contributed by atoms with Gasteiger partial charge in [0.15, 0.2) is 0 Å². The van der Waals surface area contributed by atoms with Crippen LogP contribution in [-0.2, 0) is 12.6 Å². The van der Waals surface area contributed by atoms with Gasteiger partial charge >= 0.3 is 0 Å². The van der Waals surface area contributed by atoms with Crippen LogP contribution in [0.1, 0.15) is 0 Å². The second kappa shape index (κ2) is 3.43. The third-order valence-electron chi connectivity index (χ3n) is 0.908. The lowest BCUT2D eigenvalue weighted by Gasteiger charge is -2.07. The van der Waals surface area contributed by atoms with Crippen LogP contribution in [-0.4, -0.2) is 9.30 Å². The topological polar surface area (TPSA) is 24.9 Å². The fourth-order valence-electron chi connectivity index (χ4n) is 0.555. The van der Waals surface area contributed by atoms with Crippen molar-refractivity contribution in [3.63, 3.8) is 0 Å². The molecule has 0 amide bonds. The first-order chi connectivity index (χ1) is 4.79. The molecule has 2 nitrogen and oxygen atoms in total. The summed E-state index contributed by atoms with van der Waals surface area (Å²) in [6, 6.07) is 3.67. The van der Waals surface area contributed by atoms with Gasteiger partial charge in [0.05, 0.1) is 11.9 Å². The second-order valence-electron chi connectivity index (χ2n) is 1.65. The predicted molar refractivity (Wildman–Crippen MR) is 47.8 cm³/mol. The normalized spacial score (nSPS) is 8.80. The number of rotatable bonds is 1. The quantitative estimate of drug-likeness (QED) is 0.506. The van der Waals surface area contributed by atoms with Crippen molar-refractivity contribution in [2.75, 3.05) is 5.32 Å². The minimum absolute atomic E-state index is 0.341. The molecule has 0 saturated heterocycles. The van der Waals surface area contributed by atoms with Crippen LogP contribution in [0.2, 0.25) is 0 Å². The van der Waals surface area contributed by atoms with Crippen LogP contribution in [0.3, 0.4) is 0 Å². The third kappa shape index (κ3) is 2.24. The van der Waals surface area contributed by atoms with Crippen molar-refractivity contribution in [3.05, 3.63) is 24.5 Å². The van der Waals surface area contributed by atoms with Crippen LogP contribution in [0.25, 0.3) is 0 Å². The molecule has 1 aromatic rings. The molecule has 0 spiro atoms. The highest BCUT2D eigenvalue weighted by Crippen LogP contribution is 2.01. The Bertz CT molecular complexity index is 222. The van der Waals surface area contributed by atoms with E-state index in [1.807, 2.05) is 12.1 Å². The van der Waals surface area contributed by atoms with Gasteiger partial charge in [-0.15, -0.1) is 0 Å². The maximum absolute atomic E-state index is 4.65. The highest BCUT2D eigenvalue weighted by atomic mass is 32.1. The minimum Gasteiger partial charge on any atom is -0.411 e. The van der Waals surface area contributed by atoms with E-state index in [4.69, 9.17) is 0 Å². The van der Waals surface area contributed by atoms with Crippen molar-refractivity contribution in [1.82, 2.24) is 4.98 Å². The van der Waals surface area contributed by atoms with Gasteiger partial charge in [-0.1, -0.05) is 4.32 Å². The molecule has 0 atom stereocenters. The average molecular weight is 169 g/mol. The average Bonchev–Trinajstić information content (AvgIpc) is 1.88. The molecule has 0 fully saturated rings. The van der Waals surface area contributed by atoms with Gasteiger partial charge in [-0.05, 0) is 12.1 Å². The molecule has 1 heterocycles. The number of nitrogens with one attached hydrogen (secondary N) is 1. The maximum atomic E-state index is 4.65. The van der Waals surface area contributed by atoms with Gasteiger partial charge < -0.3 is 30.2 Å². The summed E-state index contributed by atoms with van der Waals surface area (Å²) in [4.78, 5) is 3.87. The summed E-state index contributed by atoms with van der Waals surface area (Å²) in [6.45, 7) is 0. The maximum Gasteiger partial charge on any atom is 0.0557 e. The van der Waals surface area contributed by atoms with E-state index >= 15 is 0 Å². The van der Waals surface area contributed by atoms with Crippen LogP contribution < -0.4 is 5.32 Å². The zero-order chi connectivity index (χ0) is 7.40. The lowest BCUT2D eigenvalue weighted by molar-refractivity contribution is 1.33. The first kappa shape index (κ1) is 7.37. The van der Waals surface area contributed by atoms with Gasteiger partial charge in [0.2, 0.25) is 0 Å². The van der Waals surface area contributed by atoms with Gasteiger partial charge in [-0.3, -0.25) is 4.98 Å². The standard InChI is InChI=1S/C6H6N2S2/c9-6(10)8-5-2-1-3-7-4-5/h1-4H,(H2,8,9,10)/p-1. The van der Waals surface area contributed by atoms with E-state index in [1.165, 1.54) is 0 Å². The summed E-state index contributed by atoms with van der Waals surface area (Å²) >= 11 is 9.31. The Morgan fingerprint density at radius 2 is 2.50 bits per heavy atom. The van der Waals surface area contributed by atoms with Crippen molar-refractivity contribution in [3.8, 4) is 0 Å². The summed E-state index contributed by atoms with van der Waals surface area (Å²) < 4.78 is 0.341. The summed E-state index contributed by atoms with van der Waals surface area (Å²) in [5.74, 6) is 0. The molecule has 0 radical (unpaired) electrons. The van der Waals surface area contributed by atoms with E-state index in [2.05, 4.69) is 35.1 Å². The number of pyridine rings is 1. The van der Waals surface area contributed by atoms with Crippen LogP contribution in [0.15, 0.2) is 24.5 Å². The molecule has 0 unspecified atom stereocenters. The van der Waals surface area contributed by atoms with E-state index < -0.39 is 0 Å². The lowest BCUT2D eigenvalue weighted by atomic mass is 10.4. The second-order valence-corrected chi connectivity index (χ2v) is 2.73. The molecule has 0 aromatic carbocycles. The number of anilines is 1. The fourth-order valence-corrected chi connectivity index (χ4v) is 0.790. The first-order valence-electron chi connectivity index (χ1n) is 2.67. The molecule has 0 aliphatic rings. The van der Waals surface area contributed by atoms with E-state index in [0.29, 0.717) is 4.32 Å². The molecular weight excluding hydrogens is 164 g/mol. The van der Waals surface area contributed by atoms with Crippen LogP contribution in [0.5, 0.6) is 0 Å². The SMILES string of the molecule is S=C([S-])Nc1cccnc1. The third-order valence-corrected chi connectivity index (χ3v) is 1.11. The fraction of sp³-hybridized carbons (Fsp3) is 0. The Labute approximate surface area is 70.1 Å². The van der Waals surface area contributed by atoms with Crippen LogP contribution >= 0.6 is 12.2 Å². The van der Waals surface area contributed by atoms with Gasteiger partial charge in [0.25, 0.3) is 0 Å². The molecule has 52 valence electrons. The van der Waals surface area contributed by atoms with Crippen LogP contribution in [0.4, 0.5) is 5.69 Å². The smallest absolute Gasteiger partial charge is 0.0557 e. The summed E-state index contributed by atoms with van der Waals surface area (Å²) in [5.41, 5.74) is 0.836. The van der Waals surface area contributed by atoms with Gasteiger partial charge in [-0.25, -0.2) is 0 Å². The molecule has 4 heteroatoms. The van der Waals surface area contributed by atoms with Crippen molar-refractivity contribution in [2.24, 2.45) is 0 Å². The summed E-state index contributed by atoms with van der Waals surface area (Å²) in [7, 11) is 0. The molecule has 0 aliphatic heterocycles. The van der Waals surface area contributed by atoms with Crippen molar-refractivity contribution >= 4 is 34.9 Å². The molecule has 10 heavy (non-hydrogen) atoms. The Morgan fingerprint density at radius 1 is 1.70 bits per heavy atom. The van der Waals surface area contributed by atoms with Crippen molar-refractivity contribution in [2.45, 2.75) is 0 Å². The Balaban J connectivity index is 2.67. The van der Waals surface area contributed by atoms with Gasteiger partial charge in [0.1, 0.15) is 0 Å². The zero-order valence-electron chi connectivity index (χ0n) is 5.07. The Morgan fingerprint density at radius 3 is 3.00 bits per heavy atom. The minimum atomic E-state index is 0.341. The highest BCUT2D eigenvalue weighted by molar-refractivity contribution is 8.00. The molecule has 0 bridgehead atoms. The molecule has 0 aliphatic carbocycles. The molecule has 1 rings (SSSR count). The Hall–Kier alpha value is -0.740. The predicted octanol–water partition coefficient (Wildman–Crippen LogP) is 1.33. The molecular formula is C6H5N2S2-.